The summed E-state index contributed by atoms with van der Waals surface area (Å²) < 4.78 is 3.07. The van der Waals surface area contributed by atoms with Gasteiger partial charge in [-0.25, -0.2) is 4.98 Å². The second-order valence-corrected chi connectivity index (χ2v) is 7.38. The molecule has 7 heteroatoms. The SMILES string of the molecule is O=C(CCN1CCC[C@H]1Cn1cccn1)Nc1nc2ccccc2s1. The Morgan fingerprint density at radius 2 is 2.24 bits per heavy atom. The standard InChI is InChI=1S/C18H21N5OS/c24-17(21-18-20-15-6-1-2-7-16(15)25-18)8-12-22-10-3-5-14(22)13-23-11-4-9-19-23/h1-2,4,6-7,9,11,14H,3,5,8,10,12-13H2,(H,20,21,24)/t14-/m0/s1. The van der Waals surface area contributed by atoms with Crippen molar-refractivity contribution in [1.29, 1.82) is 0 Å². The predicted molar refractivity (Wildman–Crippen MR) is 99.7 cm³/mol. The van der Waals surface area contributed by atoms with Gasteiger partial charge in [-0.2, -0.15) is 5.10 Å². The van der Waals surface area contributed by atoms with Gasteiger partial charge in [0.2, 0.25) is 5.91 Å². The number of nitrogens with zero attached hydrogens (tertiary/aromatic N) is 4. The van der Waals surface area contributed by atoms with Crippen molar-refractivity contribution in [3.63, 3.8) is 0 Å². The van der Waals surface area contributed by atoms with Crippen LogP contribution in [0.15, 0.2) is 42.7 Å². The molecule has 130 valence electrons. The summed E-state index contributed by atoms with van der Waals surface area (Å²) in [6, 6.07) is 10.3. The molecule has 0 radical (unpaired) electrons. The lowest BCUT2D eigenvalue weighted by Crippen LogP contribution is -2.35. The van der Waals surface area contributed by atoms with Crippen molar-refractivity contribution in [2.45, 2.75) is 31.8 Å². The second-order valence-electron chi connectivity index (χ2n) is 6.35. The number of rotatable bonds is 6. The maximum Gasteiger partial charge on any atom is 0.227 e. The molecule has 2 aromatic heterocycles. The van der Waals surface area contributed by atoms with Crippen LogP contribution in [0.2, 0.25) is 0 Å². The first-order valence-corrected chi connectivity index (χ1v) is 9.46. The Hall–Kier alpha value is -2.25. The Balaban J connectivity index is 1.30. The number of thiazole rings is 1. The van der Waals surface area contributed by atoms with Crippen molar-refractivity contribution in [2.75, 3.05) is 18.4 Å². The van der Waals surface area contributed by atoms with Crippen LogP contribution in [-0.4, -0.2) is 44.7 Å². The number of likely N-dealkylation sites (tertiary alicyclic amines) is 1. The number of para-hydroxylation sites is 1. The van der Waals surface area contributed by atoms with Crippen molar-refractivity contribution < 1.29 is 4.79 Å². The highest BCUT2D eigenvalue weighted by Gasteiger charge is 2.25. The lowest BCUT2D eigenvalue weighted by Gasteiger charge is -2.24. The van der Waals surface area contributed by atoms with Gasteiger partial charge in [0.05, 0.1) is 16.8 Å². The molecular formula is C18H21N5OS. The molecular weight excluding hydrogens is 334 g/mol. The summed E-state index contributed by atoms with van der Waals surface area (Å²) in [5, 5.41) is 7.91. The number of anilines is 1. The van der Waals surface area contributed by atoms with E-state index in [0.29, 0.717) is 17.6 Å². The Labute approximate surface area is 150 Å². The van der Waals surface area contributed by atoms with Gasteiger partial charge in [-0.1, -0.05) is 23.5 Å². The largest absolute Gasteiger partial charge is 0.302 e. The van der Waals surface area contributed by atoms with Crippen molar-refractivity contribution in [3.05, 3.63) is 42.7 Å². The maximum absolute atomic E-state index is 12.3. The second kappa shape index (κ2) is 7.33. The molecule has 0 aliphatic carbocycles. The Bertz CT molecular complexity index is 811. The highest BCUT2D eigenvalue weighted by Crippen LogP contribution is 2.25. The van der Waals surface area contributed by atoms with Gasteiger partial charge in [0.15, 0.2) is 5.13 Å². The molecule has 0 unspecified atom stereocenters. The summed E-state index contributed by atoms with van der Waals surface area (Å²) in [5.74, 6) is 0.0313. The van der Waals surface area contributed by atoms with Crippen LogP contribution in [0.1, 0.15) is 19.3 Å². The van der Waals surface area contributed by atoms with E-state index in [9.17, 15) is 4.79 Å². The normalized spacial score (nSPS) is 18.0. The van der Waals surface area contributed by atoms with Crippen LogP contribution in [0, 0.1) is 0 Å². The first-order chi connectivity index (χ1) is 12.3. The van der Waals surface area contributed by atoms with Crippen LogP contribution in [0.25, 0.3) is 10.2 Å². The molecule has 1 amide bonds. The molecule has 1 atom stereocenters. The first kappa shape index (κ1) is 16.2. The number of fused-ring (bicyclic) bond motifs is 1. The van der Waals surface area contributed by atoms with Gasteiger partial charge < -0.3 is 5.32 Å². The molecule has 0 bridgehead atoms. The number of nitrogens with one attached hydrogen (secondary N) is 1. The topological polar surface area (TPSA) is 63.1 Å². The Morgan fingerprint density at radius 1 is 1.32 bits per heavy atom. The van der Waals surface area contributed by atoms with E-state index < -0.39 is 0 Å². The quantitative estimate of drug-likeness (QED) is 0.738. The van der Waals surface area contributed by atoms with E-state index in [-0.39, 0.29) is 5.91 Å². The van der Waals surface area contributed by atoms with Crippen molar-refractivity contribution in [1.82, 2.24) is 19.7 Å². The smallest absolute Gasteiger partial charge is 0.227 e. The third-order valence-corrected chi connectivity index (χ3v) is 5.57. The van der Waals surface area contributed by atoms with Crippen LogP contribution in [-0.2, 0) is 11.3 Å². The van der Waals surface area contributed by atoms with Gasteiger partial charge in [-0.05, 0) is 37.6 Å². The van der Waals surface area contributed by atoms with Gasteiger partial charge in [-0.3, -0.25) is 14.4 Å². The molecule has 1 aliphatic rings. The highest BCUT2D eigenvalue weighted by molar-refractivity contribution is 7.22. The molecule has 1 aromatic carbocycles. The van der Waals surface area contributed by atoms with E-state index in [0.717, 1.165) is 29.9 Å². The lowest BCUT2D eigenvalue weighted by atomic mass is 10.2. The minimum Gasteiger partial charge on any atom is -0.302 e. The van der Waals surface area contributed by atoms with E-state index >= 15 is 0 Å². The summed E-state index contributed by atoms with van der Waals surface area (Å²) in [7, 11) is 0. The maximum atomic E-state index is 12.3. The molecule has 4 rings (SSSR count). The van der Waals surface area contributed by atoms with E-state index in [2.05, 4.69) is 20.3 Å². The number of hydrogen-bond donors (Lipinski definition) is 1. The third-order valence-electron chi connectivity index (χ3n) is 4.62. The van der Waals surface area contributed by atoms with Crippen molar-refractivity contribution in [2.24, 2.45) is 0 Å². The summed E-state index contributed by atoms with van der Waals surface area (Å²) in [6.45, 7) is 2.73. The fraction of sp³-hybridized carbons (Fsp3) is 0.389. The number of aromatic nitrogens is 3. The average molecular weight is 355 g/mol. The van der Waals surface area contributed by atoms with Crippen LogP contribution >= 0.6 is 11.3 Å². The summed E-state index contributed by atoms with van der Waals surface area (Å²) >= 11 is 1.52. The van der Waals surface area contributed by atoms with Gasteiger partial charge in [0.1, 0.15) is 0 Å². The lowest BCUT2D eigenvalue weighted by molar-refractivity contribution is -0.116. The minimum atomic E-state index is 0.0313. The zero-order chi connectivity index (χ0) is 17.1. The van der Waals surface area contributed by atoms with E-state index in [4.69, 9.17) is 0 Å². The highest BCUT2D eigenvalue weighted by atomic mass is 32.1. The fourth-order valence-electron chi connectivity index (χ4n) is 3.37. The zero-order valence-electron chi connectivity index (χ0n) is 14.0. The number of carbonyl (C=O) groups excluding carboxylic acids is 1. The van der Waals surface area contributed by atoms with Gasteiger partial charge in [0, 0.05) is 31.4 Å². The molecule has 25 heavy (non-hydrogen) atoms. The minimum absolute atomic E-state index is 0.0313. The molecule has 6 nitrogen and oxygen atoms in total. The Morgan fingerprint density at radius 3 is 3.08 bits per heavy atom. The number of amides is 1. The summed E-state index contributed by atoms with van der Waals surface area (Å²) in [4.78, 5) is 19.1. The van der Waals surface area contributed by atoms with Crippen LogP contribution < -0.4 is 5.32 Å². The number of hydrogen-bond acceptors (Lipinski definition) is 5. The molecule has 0 spiro atoms. The zero-order valence-corrected chi connectivity index (χ0v) is 14.8. The number of benzene rings is 1. The van der Waals surface area contributed by atoms with Gasteiger partial charge in [0.25, 0.3) is 0 Å². The fourth-order valence-corrected chi connectivity index (χ4v) is 4.26. The molecule has 1 N–H and O–H groups in total. The summed E-state index contributed by atoms with van der Waals surface area (Å²) in [5.41, 5.74) is 0.932. The molecule has 1 saturated heterocycles. The average Bonchev–Trinajstić information content (AvgIpc) is 3.33. The van der Waals surface area contributed by atoms with E-state index in [1.165, 1.54) is 24.2 Å². The van der Waals surface area contributed by atoms with Gasteiger partial charge >= 0.3 is 0 Å². The molecule has 0 saturated carbocycles. The molecule has 1 fully saturated rings. The third kappa shape index (κ3) is 3.88. The van der Waals surface area contributed by atoms with Crippen molar-refractivity contribution in [3.8, 4) is 0 Å². The molecule has 3 heterocycles. The van der Waals surface area contributed by atoms with Crippen LogP contribution in [0.5, 0.6) is 0 Å². The summed E-state index contributed by atoms with van der Waals surface area (Å²) in [6.07, 6.45) is 6.65. The number of carbonyl (C=O) groups is 1. The van der Waals surface area contributed by atoms with Crippen LogP contribution in [0.3, 0.4) is 0 Å². The Kier molecular flexibility index (Phi) is 4.76. The monoisotopic (exact) mass is 355 g/mol. The van der Waals surface area contributed by atoms with E-state index in [1.54, 1.807) is 0 Å². The van der Waals surface area contributed by atoms with Crippen molar-refractivity contribution >= 4 is 32.6 Å². The van der Waals surface area contributed by atoms with E-state index in [1.807, 2.05) is 47.4 Å². The predicted octanol–water partition coefficient (Wildman–Crippen LogP) is 2.99. The molecule has 3 aromatic rings. The van der Waals surface area contributed by atoms with Crippen LogP contribution in [0.4, 0.5) is 5.13 Å². The van der Waals surface area contributed by atoms with Gasteiger partial charge in [-0.15, -0.1) is 0 Å². The first-order valence-electron chi connectivity index (χ1n) is 8.65. The molecule has 1 aliphatic heterocycles.